The predicted octanol–water partition coefficient (Wildman–Crippen LogP) is 4.62. The third-order valence-electron chi connectivity index (χ3n) is 5.32. The number of pyridine rings is 1. The maximum absolute atomic E-state index is 12.1. The number of methoxy groups -OCH3 is 1. The number of nitrogens with one attached hydrogen (secondary N) is 1. The molecule has 7 heteroatoms. The first-order chi connectivity index (χ1) is 15.9. The molecule has 2 heterocycles. The van der Waals surface area contributed by atoms with Crippen LogP contribution in [0.25, 0.3) is 28.0 Å². The number of hydrogen-bond donors (Lipinski definition) is 1. The van der Waals surface area contributed by atoms with Crippen LogP contribution in [0.15, 0.2) is 54.6 Å². The lowest BCUT2D eigenvalue weighted by Gasteiger charge is -2.11. The van der Waals surface area contributed by atoms with E-state index in [4.69, 9.17) is 19.6 Å². The van der Waals surface area contributed by atoms with Gasteiger partial charge in [0.25, 0.3) is 5.91 Å². The summed E-state index contributed by atoms with van der Waals surface area (Å²) in [6, 6.07) is 17.7. The maximum atomic E-state index is 12.1. The van der Waals surface area contributed by atoms with Gasteiger partial charge in [0.2, 0.25) is 5.88 Å². The van der Waals surface area contributed by atoms with E-state index < -0.39 is 0 Å². The summed E-state index contributed by atoms with van der Waals surface area (Å²) in [5, 5.41) is 8.72. The molecular weight excluding hydrogens is 416 g/mol. The molecule has 1 N–H and O–H groups in total. The van der Waals surface area contributed by atoms with Crippen LogP contribution < -0.4 is 14.8 Å². The van der Waals surface area contributed by atoms with Crippen molar-refractivity contribution in [3.05, 3.63) is 65.7 Å². The SMILES string of the molecule is COc1ccc(-c2nn(-c3ccccc3C)c3nc(OCC(=O)NC(C)C)cc(C)c23)cc1. The van der Waals surface area contributed by atoms with Crippen molar-refractivity contribution in [1.29, 1.82) is 0 Å². The van der Waals surface area contributed by atoms with Gasteiger partial charge in [0, 0.05) is 17.7 Å². The second-order valence-corrected chi connectivity index (χ2v) is 8.26. The van der Waals surface area contributed by atoms with Crippen molar-refractivity contribution >= 4 is 16.9 Å². The average Bonchev–Trinajstić information content (AvgIpc) is 3.17. The molecule has 4 aromatic rings. The summed E-state index contributed by atoms with van der Waals surface area (Å²) in [7, 11) is 1.65. The summed E-state index contributed by atoms with van der Waals surface area (Å²) >= 11 is 0. The van der Waals surface area contributed by atoms with Crippen LogP contribution in [0.3, 0.4) is 0 Å². The molecule has 0 unspecified atom stereocenters. The molecule has 7 nitrogen and oxygen atoms in total. The zero-order valence-corrected chi connectivity index (χ0v) is 19.5. The number of carbonyl (C=O) groups is 1. The van der Waals surface area contributed by atoms with E-state index in [1.54, 1.807) is 7.11 Å². The summed E-state index contributed by atoms with van der Waals surface area (Å²) in [6.07, 6.45) is 0. The van der Waals surface area contributed by atoms with E-state index in [2.05, 4.69) is 5.32 Å². The molecule has 0 aliphatic heterocycles. The number of ether oxygens (including phenoxy) is 2. The van der Waals surface area contributed by atoms with E-state index in [-0.39, 0.29) is 18.6 Å². The van der Waals surface area contributed by atoms with Gasteiger partial charge < -0.3 is 14.8 Å². The summed E-state index contributed by atoms with van der Waals surface area (Å²) in [4.78, 5) is 16.8. The van der Waals surface area contributed by atoms with Crippen molar-refractivity contribution in [2.45, 2.75) is 33.7 Å². The number of benzene rings is 2. The number of fused-ring (bicyclic) bond motifs is 1. The van der Waals surface area contributed by atoms with Gasteiger partial charge in [0.05, 0.1) is 18.2 Å². The highest BCUT2D eigenvalue weighted by Crippen LogP contribution is 2.34. The first-order valence-corrected chi connectivity index (χ1v) is 10.9. The van der Waals surface area contributed by atoms with E-state index in [1.165, 1.54) is 0 Å². The second kappa shape index (κ2) is 9.32. The number of carbonyl (C=O) groups excluding carboxylic acids is 1. The molecule has 0 radical (unpaired) electrons. The van der Waals surface area contributed by atoms with Crippen molar-refractivity contribution in [2.75, 3.05) is 13.7 Å². The molecule has 0 spiro atoms. The van der Waals surface area contributed by atoms with Crippen molar-refractivity contribution in [3.8, 4) is 28.6 Å². The Balaban J connectivity index is 1.84. The lowest BCUT2D eigenvalue weighted by atomic mass is 10.1. The van der Waals surface area contributed by atoms with Crippen LogP contribution >= 0.6 is 0 Å². The summed E-state index contributed by atoms with van der Waals surface area (Å²) in [5.41, 5.74) is 5.43. The van der Waals surface area contributed by atoms with E-state index >= 15 is 0 Å². The van der Waals surface area contributed by atoms with Gasteiger partial charge in [-0.1, -0.05) is 18.2 Å². The zero-order chi connectivity index (χ0) is 23.5. The van der Waals surface area contributed by atoms with Crippen LogP contribution in [0.1, 0.15) is 25.0 Å². The van der Waals surface area contributed by atoms with Crippen molar-refractivity contribution in [2.24, 2.45) is 0 Å². The Bertz CT molecular complexity index is 1290. The van der Waals surface area contributed by atoms with Gasteiger partial charge in [-0.05, 0) is 69.2 Å². The van der Waals surface area contributed by atoms with E-state index in [0.29, 0.717) is 11.5 Å². The number of amides is 1. The van der Waals surface area contributed by atoms with Gasteiger partial charge in [0.15, 0.2) is 12.3 Å². The van der Waals surface area contributed by atoms with Gasteiger partial charge in [-0.2, -0.15) is 10.1 Å². The number of nitrogens with zero attached hydrogens (tertiary/aromatic N) is 3. The molecule has 33 heavy (non-hydrogen) atoms. The first kappa shape index (κ1) is 22.3. The molecule has 2 aromatic carbocycles. The van der Waals surface area contributed by atoms with Gasteiger partial charge in [-0.25, -0.2) is 4.68 Å². The van der Waals surface area contributed by atoms with Crippen LogP contribution in [0.4, 0.5) is 0 Å². The predicted molar refractivity (Wildman–Crippen MR) is 129 cm³/mol. The zero-order valence-electron chi connectivity index (χ0n) is 19.5. The Kier molecular flexibility index (Phi) is 6.31. The quantitative estimate of drug-likeness (QED) is 0.450. The van der Waals surface area contributed by atoms with Crippen LogP contribution in [0.5, 0.6) is 11.6 Å². The van der Waals surface area contributed by atoms with Crippen LogP contribution in [-0.4, -0.2) is 40.4 Å². The minimum absolute atomic E-state index is 0.0489. The highest BCUT2D eigenvalue weighted by atomic mass is 16.5. The lowest BCUT2D eigenvalue weighted by Crippen LogP contribution is -2.34. The fourth-order valence-corrected chi connectivity index (χ4v) is 3.77. The topological polar surface area (TPSA) is 78.3 Å². The van der Waals surface area contributed by atoms with Crippen molar-refractivity contribution < 1.29 is 14.3 Å². The molecule has 4 rings (SSSR count). The minimum atomic E-state index is -0.184. The van der Waals surface area contributed by atoms with Crippen LogP contribution in [0.2, 0.25) is 0 Å². The van der Waals surface area contributed by atoms with Crippen LogP contribution in [-0.2, 0) is 4.79 Å². The van der Waals surface area contributed by atoms with Gasteiger partial charge >= 0.3 is 0 Å². The normalized spacial score (nSPS) is 11.1. The fourth-order valence-electron chi connectivity index (χ4n) is 3.77. The highest BCUT2D eigenvalue weighted by molar-refractivity contribution is 5.95. The van der Waals surface area contributed by atoms with Gasteiger partial charge in [-0.3, -0.25) is 4.79 Å². The minimum Gasteiger partial charge on any atom is -0.497 e. The Labute approximate surface area is 193 Å². The number of hydrogen-bond acceptors (Lipinski definition) is 5. The number of aromatic nitrogens is 3. The number of para-hydroxylation sites is 1. The third-order valence-corrected chi connectivity index (χ3v) is 5.32. The Hall–Kier alpha value is -3.87. The largest absolute Gasteiger partial charge is 0.497 e. The molecule has 0 aliphatic rings. The monoisotopic (exact) mass is 444 g/mol. The molecule has 0 saturated carbocycles. The number of rotatable bonds is 7. The van der Waals surface area contributed by atoms with Crippen molar-refractivity contribution in [3.63, 3.8) is 0 Å². The van der Waals surface area contributed by atoms with E-state index in [9.17, 15) is 4.79 Å². The molecule has 0 atom stereocenters. The standard InChI is InChI=1S/C26H28N4O3/c1-16(2)27-22(31)15-33-23-14-18(4)24-25(19-10-12-20(32-5)13-11-19)29-30(26(24)28-23)21-9-7-6-8-17(21)3/h6-14,16H,15H2,1-5H3,(H,27,31). The molecule has 0 aliphatic carbocycles. The molecule has 170 valence electrons. The lowest BCUT2D eigenvalue weighted by molar-refractivity contribution is -0.123. The summed E-state index contributed by atoms with van der Waals surface area (Å²) in [6.45, 7) is 7.77. The Morgan fingerprint density at radius 3 is 2.45 bits per heavy atom. The fraction of sp³-hybridized carbons (Fsp3) is 0.269. The maximum Gasteiger partial charge on any atom is 0.258 e. The van der Waals surface area contributed by atoms with Crippen LogP contribution in [0, 0.1) is 13.8 Å². The van der Waals surface area contributed by atoms with Crippen molar-refractivity contribution in [1.82, 2.24) is 20.1 Å². The summed E-state index contributed by atoms with van der Waals surface area (Å²) < 4.78 is 12.9. The first-order valence-electron chi connectivity index (χ1n) is 10.9. The van der Waals surface area contributed by atoms with E-state index in [0.717, 1.165) is 39.2 Å². The highest BCUT2D eigenvalue weighted by Gasteiger charge is 2.20. The van der Waals surface area contributed by atoms with E-state index in [1.807, 2.05) is 87.0 Å². The summed E-state index contributed by atoms with van der Waals surface area (Å²) in [5.74, 6) is 0.984. The van der Waals surface area contributed by atoms with Gasteiger partial charge in [-0.15, -0.1) is 0 Å². The molecule has 0 fully saturated rings. The molecule has 0 saturated heterocycles. The molecule has 2 aromatic heterocycles. The molecule has 1 amide bonds. The average molecular weight is 445 g/mol. The molecular formula is C26H28N4O3. The van der Waals surface area contributed by atoms with Gasteiger partial charge in [0.1, 0.15) is 11.4 Å². The smallest absolute Gasteiger partial charge is 0.258 e. The number of aryl methyl sites for hydroxylation is 2. The Morgan fingerprint density at radius 1 is 1.06 bits per heavy atom. The second-order valence-electron chi connectivity index (χ2n) is 8.26. The molecule has 0 bridgehead atoms. The third kappa shape index (κ3) is 4.67. The Morgan fingerprint density at radius 2 is 1.79 bits per heavy atom.